The minimum atomic E-state index is 0.151. The van der Waals surface area contributed by atoms with Gasteiger partial charge in [0.2, 0.25) is 0 Å². The van der Waals surface area contributed by atoms with Gasteiger partial charge in [-0.05, 0) is 35.1 Å². The van der Waals surface area contributed by atoms with Gasteiger partial charge in [-0.25, -0.2) is 4.98 Å². The highest BCUT2D eigenvalue weighted by molar-refractivity contribution is 6.34. The maximum atomic E-state index is 6.48. The van der Waals surface area contributed by atoms with Crippen LogP contribution >= 0.6 is 11.6 Å². The molecule has 0 unspecified atom stereocenters. The highest BCUT2D eigenvalue weighted by atomic mass is 35.5. The lowest BCUT2D eigenvalue weighted by molar-refractivity contribution is 0.279. The number of nitrogens with zero attached hydrogens (tertiary/aromatic N) is 4. The Morgan fingerprint density at radius 2 is 1.83 bits per heavy atom. The Labute approximate surface area is 178 Å². The summed E-state index contributed by atoms with van der Waals surface area (Å²) in [5, 5.41) is 7.77. The van der Waals surface area contributed by atoms with Crippen molar-refractivity contribution < 1.29 is 0 Å². The zero-order valence-corrected chi connectivity index (χ0v) is 18.4. The van der Waals surface area contributed by atoms with Crippen molar-refractivity contribution in [3.05, 3.63) is 89.0 Å². The van der Waals surface area contributed by atoms with Gasteiger partial charge in [0.15, 0.2) is 5.84 Å². The maximum Gasteiger partial charge on any atom is 0.166 e. The van der Waals surface area contributed by atoms with E-state index in [1.54, 1.807) is 12.5 Å². The average Bonchev–Trinajstić information content (AvgIpc) is 3.21. The molecule has 0 spiro atoms. The van der Waals surface area contributed by atoms with E-state index in [9.17, 15) is 0 Å². The molecular weight excluding hydrogens is 380 g/mol. The summed E-state index contributed by atoms with van der Waals surface area (Å²) in [5.41, 5.74) is 3.61. The highest BCUT2D eigenvalue weighted by Gasteiger charge is 2.15. The summed E-state index contributed by atoms with van der Waals surface area (Å²) in [6, 6.07) is 16.6. The van der Waals surface area contributed by atoms with Gasteiger partial charge in [0, 0.05) is 24.5 Å². The second-order valence-electron chi connectivity index (χ2n) is 8.21. The Bertz CT molecular complexity index is 938. The van der Waals surface area contributed by atoms with Crippen molar-refractivity contribution in [3.63, 3.8) is 0 Å². The van der Waals surface area contributed by atoms with Crippen molar-refractivity contribution in [2.45, 2.75) is 46.1 Å². The van der Waals surface area contributed by atoms with Gasteiger partial charge in [0.25, 0.3) is 0 Å². The second-order valence-corrected chi connectivity index (χ2v) is 8.62. The number of rotatable bonds is 6. The molecular formula is C24H29ClN4. The number of hydrogen-bond acceptors (Lipinski definition) is 3. The monoisotopic (exact) mass is 408 g/mol. The van der Waals surface area contributed by atoms with E-state index in [4.69, 9.17) is 16.7 Å². The van der Waals surface area contributed by atoms with Crippen molar-refractivity contribution in [1.29, 1.82) is 0 Å². The van der Waals surface area contributed by atoms with Crippen molar-refractivity contribution in [2.24, 2.45) is 5.10 Å². The van der Waals surface area contributed by atoms with Crippen LogP contribution in [0.1, 0.15) is 50.8 Å². The summed E-state index contributed by atoms with van der Waals surface area (Å²) in [6.07, 6.45) is 6.40. The van der Waals surface area contributed by atoms with Crippen LogP contribution in [0.3, 0.4) is 0 Å². The van der Waals surface area contributed by atoms with Crippen LogP contribution in [0, 0.1) is 0 Å². The van der Waals surface area contributed by atoms with E-state index in [2.05, 4.69) is 62.0 Å². The van der Waals surface area contributed by atoms with Crippen LogP contribution in [-0.2, 0) is 12.0 Å². The Kier molecular flexibility index (Phi) is 6.75. The van der Waals surface area contributed by atoms with Crippen LogP contribution < -0.4 is 0 Å². The third-order valence-electron chi connectivity index (χ3n) is 4.77. The molecule has 0 radical (unpaired) electrons. The van der Waals surface area contributed by atoms with Gasteiger partial charge in [0.05, 0.1) is 11.6 Å². The van der Waals surface area contributed by atoms with Crippen LogP contribution in [0.15, 0.2) is 72.4 Å². The number of imidazole rings is 1. The Morgan fingerprint density at radius 3 is 2.41 bits per heavy atom. The molecule has 152 valence electrons. The first kappa shape index (κ1) is 21.1. The smallest absolute Gasteiger partial charge is 0.166 e. The van der Waals surface area contributed by atoms with Gasteiger partial charge in [-0.15, -0.1) is 0 Å². The molecule has 3 aromatic rings. The van der Waals surface area contributed by atoms with Gasteiger partial charge in [-0.1, -0.05) is 75.7 Å². The molecule has 0 N–H and O–H groups in total. The number of benzene rings is 2. The molecule has 0 bridgehead atoms. The summed E-state index contributed by atoms with van der Waals surface area (Å²) in [6.45, 7) is 10.5. The fourth-order valence-electron chi connectivity index (χ4n) is 3.15. The molecule has 0 aliphatic carbocycles. The van der Waals surface area contributed by atoms with Crippen molar-refractivity contribution in [2.75, 3.05) is 6.54 Å². The minimum absolute atomic E-state index is 0.151. The molecule has 2 aromatic carbocycles. The van der Waals surface area contributed by atoms with Gasteiger partial charge < -0.3 is 0 Å². The molecule has 1 aromatic heterocycles. The van der Waals surface area contributed by atoms with E-state index in [0.29, 0.717) is 5.02 Å². The fraction of sp³-hybridized carbons (Fsp3) is 0.333. The summed E-state index contributed by atoms with van der Waals surface area (Å²) in [5.74, 6) is 0.771. The standard InChI is InChI=1S/C24H29ClN4/c1-5-15-29(17-19-10-12-20(13-11-19)24(2,3)4)27-23(28-16-14-26-18-28)21-8-6-7-9-22(21)25/h6-14,16,18H,5,15,17H2,1-4H3. The normalized spacial score (nSPS) is 12.2. The topological polar surface area (TPSA) is 33.4 Å². The van der Waals surface area contributed by atoms with Crippen molar-refractivity contribution in [3.8, 4) is 0 Å². The van der Waals surface area contributed by atoms with Crippen LogP contribution in [0.2, 0.25) is 5.02 Å². The van der Waals surface area contributed by atoms with E-state index in [-0.39, 0.29) is 5.41 Å². The Hall–Kier alpha value is -2.59. The first-order valence-corrected chi connectivity index (χ1v) is 10.4. The largest absolute Gasteiger partial charge is 0.291 e. The lowest BCUT2D eigenvalue weighted by Crippen LogP contribution is -2.24. The molecule has 4 nitrogen and oxygen atoms in total. The quantitative estimate of drug-likeness (QED) is 0.286. The minimum Gasteiger partial charge on any atom is -0.291 e. The van der Waals surface area contributed by atoms with Gasteiger partial charge in [-0.3, -0.25) is 9.58 Å². The van der Waals surface area contributed by atoms with E-state index >= 15 is 0 Å². The first-order valence-electron chi connectivity index (χ1n) is 10.0. The summed E-state index contributed by atoms with van der Waals surface area (Å²) < 4.78 is 1.91. The zero-order chi connectivity index (χ0) is 20.9. The maximum absolute atomic E-state index is 6.48. The third kappa shape index (κ3) is 5.48. The average molecular weight is 409 g/mol. The molecule has 5 heteroatoms. The molecule has 0 saturated heterocycles. The van der Waals surface area contributed by atoms with Crippen molar-refractivity contribution >= 4 is 17.4 Å². The molecule has 3 rings (SSSR count). The van der Waals surface area contributed by atoms with Crippen LogP contribution in [0.4, 0.5) is 0 Å². The lowest BCUT2D eigenvalue weighted by atomic mass is 9.87. The lowest BCUT2D eigenvalue weighted by Gasteiger charge is -2.23. The number of aromatic nitrogens is 2. The Balaban J connectivity index is 1.93. The molecule has 0 aliphatic heterocycles. The second kappa shape index (κ2) is 9.27. The molecule has 0 amide bonds. The van der Waals surface area contributed by atoms with Crippen LogP contribution in [-0.4, -0.2) is 26.9 Å². The molecule has 0 aliphatic rings. The number of hydrazone groups is 1. The van der Waals surface area contributed by atoms with Gasteiger partial charge >= 0.3 is 0 Å². The van der Waals surface area contributed by atoms with E-state index < -0.39 is 0 Å². The van der Waals surface area contributed by atoms with Crippen LogP contribution in [0.25, 0.3) is 0 Å². The van der Waals surface area contributed by atoms with E-state index in [1.807, 2.05) is 35.0 Å². The summed E-state index contributed by atoms with van der Waals surface area (Å²) in [7, 11) is 0. The fourth-order valence-corrected chi connectivity index (χ4v) is 3.37. The molecule has 0 saturated carbocycles. The SMILES string of the molecule is CCCN(Cc1ccc(C(C)(C)C)cc1)N=C(c1ccccc1Cl)n1ccnc1. The highest BCUT2D eigenvalue weighted by Crippen LogP contribution is 2.23. The zero-order valence-electron chi connectivity index (χ0n) is 17.6. The molecule has 0 fully saturated rings. The number of hydrogen-bond donors (Lipinski definition) is 0. The first-order chi connectivity index (χ1) is 13.9. The molecule has 29 heavy (non-hydrogen) atoms. The molecule has 1 heterocycles. The third-order valence-corrected chi connectivity index (χ3v) is 5.10. The van der Waals surface area contributed by atoms with E-state index in [1.165, 1.54) is 11.1 Å². The Morgan fingerprint density at radius 1 is 1.10 bits per heavy atom. The van der Waals surface area contributed by atoms with E-state index in [0.717, 1.165) is 30.9 Å². The van der Waals surface area contributed by atoms with Crippen LogP contribution in [0.5, 0.6) is 0 Å². The summed E-state index contributed by atoms with van der Waals surface area (Å²) >= 11 is 6.48. The van der Waals surface area contributed by atoms with Gasteiger partial charge in [0.1, 0.15) is 6.33 Å². The summed E-state index contributed by atoms with van der Waals surface area (Å²) in [4.78, 5) is 4.19. The van der Waals surface area contributed by atoms with Crippen molar-refractivity contribution in [1.82, 2.24) is 14.6 Å². The number of halogens is 1. The molecule has 0 atom stereocenters. The predicted molar refractivity (Wildman–Crippen MR) is 121 cm³/mol. The predicted octanol–water partition coefficient (Wildman–Crippen LogP) is 5.96. The van der Waals surface area contributed by atoms with Gasteiger partial charge in [-0.2, -0.15) is 5.10 Å².